The van der Waals surface area contributed by atoms with Crippen molar-refractivity contribution in [2.75, 3.05) is 5.32 Å². The van der Waals surface area contributed by atoms with Crippen molar-refractivity contribution in [1.82, 2.24) is 0 Å². The van der Waals surface area contributed by atoms with Gasteiger partial charge in [0.1, 0.15) is 0 Å². The van der Waals surface area contributed by atoms with E-state index in [1.807, 2.05) is 6.20 Å². The van der Waals surface area contributed by atoms with Crippen molar-refractivity contribution in [2.24, 2.45) is 11.3 Å². The topological polar surface area (TPSA) is 29.1 Å². The first-order chi connectivity index (χ1) is 10.3. The van der Waals surface area contributed by atoms with Crippen LogP contribution in [0.1, 0.15) is 57.6 Å². The van der Waals surface area contributed by atoms with Gasteiger partial charge in [-0.1, -0.05) is 39.3 Å². The fraction of sp³-hybridized carbons (Fsp3) is 0.550. The number of nitrogens with one attached hydrogen (secondary N) is 1. The van der Waals surface area contributed by atoms with Crippen molar-refractivity contribution in [2.45, 2.75) is 60.3 Å². The Kier molecular flexibility index (Phi) is 5.10. The number of hydrogen-bond acceptors (Lipinski definition) is 2. The van der Waals surface area contributed by atoms with Crippen LogP contribution in [-0.4, -0.2) is 5.78 Å². The Balaban J connectivity index is 2.15. The molecule has 0 amide bonds. The molecule has 0 aliphatic heterocycles. The Hall–Kier alpha value is -1.57. The summed E-state index contributed by atoms with van der Waals surface area (Å²) in [7, 11) is 0. The smallest absolute Gasteiger partial charge is 0.160 e. The van der Waals surface area contributed by atoms with Crippen LogP contribution in [0.25, 0.3) is 0 Å². The van der Waals surface area contributed by atoms with E-state index in [9.17, 15) is 4.79 Å². The number of aryl methyl sites for hydroxylation is 2. The summed E-state index contributed by atoms with van der Waals surface area (Å²) < 4.78 is 0. The van der Waals surface area contributed by atoms with Crippen LogP contribution in [0.2, 0.25) is 0 Å². The van der Waals surface area contributed by atoms with E-state index in [1.165, 1.54) is 11.1 Å². The summed E-state index contributed by atoms with van der Waals surface area (Å²) in [5.41, 5.74) is 4.79. The monoisotopic (exact) mass is 299 g/mol. The molecule has 120 valence electrons. The van der Waals surface area contributed by atoms with Crippen LogP contribution >= 0.6 is 0 Å². The molecule has 22 heavy (non-hydrogen) atoms. The predicted molar refractivity (Wildman–Crippen MR) is 94.0 cm³/mol. The van der Waals surface area contributed by atoms with Crippen LogP contribution in [0, 0.1) is 25.2 Å². The van der Waals surface area contributed by atoms with Crippen LogP contribution in [0.15, 0.2) is 30.0 Å². The maximum atomic E-state index is 12.2. The van der Waals surface area contributed by atoms with Crippen LogP contribution in [0.5, 0.6) is 0 Å². The molecule has 0 heterocycles. The van der Waals surface area contributed by atoms with E-state index in [2.05, 4.69) is 58.1 Å². The molecule has 1 saturated carbocycles. The molecular formula is C20H29NO. The van der Waals surface area contributed by atoms with Gasteiger partial charge >= 0.3 is 0 Å². The molecule has 1 aliphatic carbocycles. The molecular weight excluding hydrogens is 270 g/mol. The molecule has 0 unspecified atom stereocenters. The van der Waals surface area contributed by atoms with Crippen molar-refractivity contribution in [3.8, 4) is 0 Å². The summed E-state index contributed by atoms with van der Waals surface area (Å²) in [5.74, 6) is 0.905. The summed E-state index contributed by atoms with van der Waals surface area (Å²) in [6.07, 6.45) is 5.72. The second kappa shape index (κ2) is 6.68. The third-order valence-corrected chi connectivity index (χ3v) is 5.36. The average molecular weight is 299 g/mol. The Labute approximate surface area is 135 Å². The Morgan fingerprint density at radius 1 is 1.32 bits per heavy atom. The van der Waals surface area contributed by atoms with Crippen LogP contribution in [0.3, 0.4) is 0 Å². The number of allylic oxidation sites excluding steroid dienone is 1. The van der Waals surface area contributed by atoms with Gasteiger partial charge in [0.25, 0.3) is 0 Å². The fourth-order valence-electron chi connectivity index (χ4n) is 3.10. The first-order valence-electron chi connectivity index (χ1n) is 8.39. The highest BCUT2D eigenvalue weighted by molar-refractivity contribution is 5.96. The Bertz CT molecular complexity index is 583. The molecule has 2 rings (SSSR count). The molecule has 2 heteroatoms. The number of anilines is 1. The van der Waals surface area contributed by atoms with Crippen molar-refractivity contribution in [3.63, 3.8) is 0 Å². The van der Waals surface area contributed by atoms with Crippen LogP contribution in [-0.2, 0) is 4.79 Å². The predicted octanol–water partition coefficient (Wildman–Crippen LogP) is 5.40. The van der Waals surface area contributed by atoms with Gasteiger partial charge in [-0.2, -0.15) is 0 Å². The molecule has 0 saturated heterocycles. The van der Waals surface area contributed by atoms with Gasteiger partial charge in [-0.25, -0.2) is 0 Å². The highest BCUT2D eigenvalue weighted by Gasteiger charge is 2.33. The lowest BCUT2D eigenvalue weighted by molar-refractivity contribution is -0.117. The molecule has 1 aromatic carbocycles. The van der Waals surface area contributed by atoms with Gasteiger partial charge in [-0.15, -0.1) is 0 Å². The summed E-state index contributed by atoms with van der Waals surface area (Å²) >= 11 is 0. The van der Waals surface area contributed by atoms with E-state index in [0.29, 0.717) is 23.5 Å². The number of benzene rings is 1. The maximum Gasteiger partial charge on any atom is 0.160 e. The fourth-order valence-corrected chi connectivity index (χ4v) is 3.10. The second-order valence-corrected chi connectivity index (χ2v) is 7.34. The van der Waals surface area contributed by atoms with Crippen LogP contribution < -0.4 is 5.32 Å². The van der Waals surface area contributed by atoms with Crippen molar-refractivity contribution >= 4 is 11.5 Å². The minimum absolute atomic E-state index is 0.305. The first kappa shape index (κ1) is 16.8. The molecule has 1 N–H and O–H groups in total. The molecule has 1 fully saturated rings. The van der Waals surface area contributed by atoms with Gasteiger partial charge in [0.15, 0.2) is 5.78 Å². The average Bonchev–Trinajstić information content (AvgIpc) is 2.49. The number of ketones is 1. The second-order valence-electron chi connectivity index (χ2n) is 7.34. The molecule has 0 radical (unpaired) electrons. The number of Topliss-reactive ketones (excluding diaryl/α,β-unsaturated/α-hetero) is 1. The van der Waals surface area contributed by atoms with Crippen LogP contribution in [0.4, 0.5) is 5.69 Å². The summed E-state index contributed by atoms with van der Waals surface area (Å²) in [6.45, 7) is 11.1. The maximum absolute atomic E-state index is 12.2. The molecule has 1 aliphatic rings. The lowest BCUT2D eigenvalue weighted by atomic mass is 9.68. The highest BCUT2D eigenvalue weighted by atomic mass is 16.1. The molecule has 1 aromatic rings. The van der Waals surface area contributed by atoms with E-state index in [1.54, 1.807) is 0 Å². The Morgan fingerprint density at radius 3 is 2.73 bits per heavy atom. The number of carbonyl (C=O) groups is 1. The summed E-state index contributed by atoms with van der Waals surface area (Å²) in [4.78, 5) is 12.2. The van der Waals surface area contributed by atoms with E-state index >= 15 is 0 Å². The Morgan fingerprint density at radius 2 is 2.05 bits per heavy atom. The zero-order valence-electron chi connectivity index (χ0n) is 14.6. The molecule has 2 nitrogen and oxygen atoms in total. The van der Waals surface area contributed by atoms with Gasteiger partial charge in [-0.05, 0) is 55.2 Å². The minimum Gasteiger partial charge on any atom is -0.361 e. The SMILES string of the molecule is CCC(C)(C)[C@H]1CCC(=O)/C(=C/Nc2cc(C)ccc2C)C1. The van der Waals surface area contributed by atoms with E-state index in [4.69, 9.17) is 0 Å². The van der Waals surface area contributed by atoms with E-state index < -0.39 is 0 Å². The molecule has 0 aromatic heterocycles. The minimum atomic E-state index is 0.305. The third-order valence-electron chi connectivity index (χ3n) is 5.36. The normalized spacial score (nSPS) is 21.2. The molecule has 1 atom stereocenters. The van der Waals surface area contributed by atoms with E-state index in [-0.39, 0.29) is 0 Å². The van der Waals surface area contributed by atoms with Crippen molar-refractivity contribution in [1.29, 1.82) is 0 Å². The quantitative estimate of drug-likeness (QED) is 0.754. The highest BCUT2D eigenvalue weighted by Crippen LogP contribution is 2.41. The van der Waals surface area contributed by atoms with Crippen molar-refractivity contribution in [3.05, 3.63) is 41.1 Å². The molecule has 0 bridgehead atoms. The summed E-state index contributed by atoms with van der Waals surface area (Å²) in [6, 6.07) is 6.36. The summed E-state index contributed by atoms with van der Waals surface area (Å²) in [5, 5.41) is 3.36. The van der Waals surface area contributed by atoms with Gasteiger partial charge in [0.2, 0.25) is 0 Å². The van der Waals surface area contributed by atoms with E-state index in [0.717, 1.165) is 30.5 Å². The number of rotatable bonds is 4. The third kappa shape index (κ3) is 3.79. The standard InChI is InChI=1S/C20H29NO/c1-6-20(4,5)17-9-10-19(22)16(12-17)13-21-18-11-14(2)7-8-15(18)3/h7-8,11,13,17,21H,6,9-10,12H2,1-5H3/b16-13+/t17-/m0/s1. The largest absolute Gasteiger partial charge is 0.361 e. The van der Waals surface area contributed by atoms with Gasteiger partial charge in [0, 0.05) is 23.9 Å². The zero-order chi connectivity index (χ0) is 16.3. The van der Waals surface area contributed by atoms with Gasteiger partial charge < -0.3 is 5.32 Å². The zero-order valence-corrected chi connectivity index (χ0v) is 14.6. The lowest BCUT2D eigenvalue weighted by Gasteiger charge is -2.36. The number of hydrogen-bond donors (Lipinski definition) is 1. The van der Waals surface area contributed by atoms with Gasteiger partial charge in [0.05, 0.1) is 0 Å². The van der Waals surface area contributed by atoms with Crippen molar-refractivity contribution < 1.29 is 4.79 Å². The number of carbonyl (C=O) groups excluding carboxylic acids is 1. The first-order valence-corrected chi connectivity index (χ1v) is 8.39. The van der Waals surface area contributed by atoms with Gasteiger partial charge in [-0.3, -0.25) is 4.79 Å². The lowest BCUT2D eigenvalue weighted by Crippen LogP contribution is -2.29. The molecule has 0 spiro atoms.